The molecule has 0 aliphatic carbocycles. The molecular formula is C20H20N2O4S2. The van der Waals surface area contributed by atoms with E-state index in [1.165, 1.54) is 18.7 Å². The van der Waals surface area contributed by atoms with Crippen LogP contribution < -0.4 is 9.64 Å². The predicted molar refractivity (Wildman–Crippen MR) is 112 cm³/mol. The summed E-state index contributed by atoms with van der Waals surface area (Å²) in [5.74, 6) is 0.625. The summed E-state index contributed by atoms with van der Waals surface area (Å²) >= 11 is 1.37. The van der Waals surface area contributed by atoms with Crippen LogP contribution in [0.15, 0.2) is 59.6 Å². The Morgan fingerprint density at radius 1 is 1.14 bits per heavy atom. The minimum absolute atomic E-state index is 0.0772. The van der Waals surface area contributed by atoms with Crippen molar-refractivity contribution < 1.29 is 17.9 Å². The van der Waals surface area contributed by atoms with Gasteiger partial charge in [0.2, 0.25) is 5.91 Å². The molecule has 2 aromatic carbocycles. The number of amidine groups is 1. The number of benzene rings is 2. The highest BCUT2D eigenvalue weighted by molar-refractivity contribution is 8.16. The summed E-state index contributed by atoms with van der Waals surface area (Å²) < 4.78 is 29.9. The number of amides is 1. The first-order valence-corrected chi connectivity index (χ1v) is 11.6. The van der Waals surface area contributed by atoms with Crippen LogP contribution in [-0.2, 0) is 21.2 Å². The molecule has 0 spiro atoms. The lowest BCUT2D eigenvalue weighted by molar-refractivity contribution is -0.115. The number of aliphatic imine (C=N–C) groups is 1. The van der Waals surface area contributed by atoms with E-state index >= 15 is 0 Å². The number of fused-ring (bicyclic) bond motifs is 1. The Hall–Kier alpha value is -2.32. The Morgan fingerprint density at radius 3 is 2.54 bits per heavy atom. The predicted octanol–water partition coefficient (Wildman–Crippen LogP) is 2.89. The van der Waals surface area contributed by atoms with Gasteiger partial charge in [-0.25, -0.2) is 8.42 Å². The van der Waals surface area contributed by atoms with E-state index in [9.17, 15) is 13.2 Å². The van der Waals surface area contributed by atoms with Gasteiger partial charge in [0.1, 0.15) is 12.4 Å². The average molecular weight is 417 g/mol. The summed E-state index contributed by atoms with van der Waals surface area (Å²) in [5, 5.41) is 0.465. The molecule has 28 heavy (non-hydrogen) atoms. The molecule has 2 atom stereocenters. The van der Waals surface area contributed by atoms with Gasteiger partial charge in [-0.3, -0.25) is 4.79 Å². The van der Waals surface area contributed by atoms with Crippen molar-refractivity contribution in [3.8, 4) is 5.75 Å². The SMILES string of the molecule is CC(=O)N=C1S[C@@H]2CS(=O)(=O)C[C@H]2N1c1ccc(OCc2ccccc2)cc1. The van der Waals surface area contributed by atoms with Gasteiger partial charge < -0.3 is 9.64 Å². The zero-order chi connectivity index (χ0) is 19.7. The Bertz CT molecular complexity index is 1000. The third kappa shape index (κ3) is 4.07. The maximum atomic E-state index is 12.1. The molecule has 0 N–H and O–H groups in total. The van der Waals surface area contributed by atoms with Gasteiger partial charge in [0.15, 0.2) is 15.0 Å². The second-order valence-electron chi connectivity index (χ2n) is 6.85. The highest BCUT2D eigenvalue weighted by Crippen LogP contribution is 2.41. The lowest BCUT2D eigenvalue weighted by Gasteiger charge is -2.24. The highest BCUT2D eigenvalue weighted by Gasteiger charge is 2.49. The first kappa shape index (κ1) is 19.0. The van der Waals surface area contributed by atoms with Crippen LogP contribution in [0, 0.1) is 0 Å². The standard InChI is InChI=1S/C20H20N2O4S2/c1-14(23)21-20-22(18-12-28(24,25)13-19(18)27-20)16-7-9-17(10-8-16)26-11-15-5-3-2-4-6-15/h2-10,18-19H,11-13H2,1H3/t18-,19-/m1/s1. The molecule has 2 aliphatic rings. The van der Waals surface area contributed by atoms with Gasteiger partial charge in [-0.15, -0.1) is 0 Å². The number of thioether (sulfide) groups is 1. The second-order valence-corrected chi connectivity index (χ2v) is 10.2. The van der Waals surface area contributed by atoms with E-state index in [1.54, 1.807) is 0 Å². The number of nitrogens with zero attached hydrogens (tertiary/aromatic N) is 2. The fourth-order valence-electron chi connectivity index (χ4n) is 3.44. The van der Waals surface area contributed by atoms with Gasteiger partial charge in [0, 0.05) is 17.9 Å². The van der Waals surface area contributed by atoms with Gasteiger partial charge in [-0.05, 0) is 29.8 Å². The van der Waals surface area contributed by atoms with Gasteiger partial charge >= 0.3 is 0 Å². The quantitative estimate of drug-likeness (QED) is 0.763. The third-order valence-electron chi connectivity index (χ3n) is 4.68. The van der Waals surface area contributed by atoms with Crippen LogP contribution in [0.5, 0.6) is 5.75 Å². The molecule has 0 saturated carbocycles. The van der Waals surface area contributed by atoms with Crippen molar-refractivity contribution in [3.63, 3.8) is 0 Å². The summed E-state index contributed by atoms with van der Waals surface area (Å²) in [6.07, 6.45) is 0. The largest absolute Gasteiger partial charge is 0.489 e. The van der Waals surface area contributed by atoms with Gasteiger partial charge in [0.05, 0.1) is 17.5 Å². The number of sulfone groups is 1. The maximum absolute atomic E-state index is 12.1. The molecule has 1 amide bonds. The lowest BCUT2D eigenvalue weighted by atomic mass is 10.2. The van der Waals surface area contributed by atoms with Gasteiger partial charge in [0.25, 0.3) is 0 Å². The zero-order valence-corrected chi connectivity index (χ0v) is 16.9. The molecule has 4 rings (SSSR count). The van der Waals surface area contributed by atoms with Crippen molar-refractivity contribution in [1.29, 1.82) is 0 Å². The number of hydrogen-bond acceptors (Lipinski definition) is 5. The fourth-order valence-corrected chi connectivity index (χ4v) is 7.40. The van der Waals surface area contributed by atoms with Crippen molar-refractivity contribution in [2.75, 3.05) is 16.4 Å². The first-order valence-electron chi connectivity index (χ1n) is 8.94. The number of carbonyl (C=O) groups is 1. The van der Waals surface area contributed by atoms with Gasteiger partial charge in [-0.1, -0.05) is 42.1 Å². The molecule has 0 aromatic heterocycles. The van der Waals surface area contributed by atoms with Crippen molar-refractivity contribution in [1.82, 2.24) is 0 Å². The van der Waals surface area contributed by atoms with Crippen LogP contribution in [0.4, 0.5) is 5.69 Å². The van der Waals surface area contributed by atoms with Crippen molar-refractivity contribution in [3.05, 3.63) is 60.2 Å². The molecule has 2 fully saturated rings. The van der Waals surface area contributed by atoms with Crippen LogP contribution >= 0.6 is 11.8 Å². The van der Waals surface area contributed by atoms with Crippen molar-refractivity contribution in [2.24, 2.45) is 4.99 Å². The number of hydrogen-bond donors (Lipinski definition) is 0. The van der Waals surface area contributed by atoms with E-state index in [2.05, 4.69) is 4.99 Å². The zero-order valence-electron chi connectivity index (χ0n) is 15.3. The summed E-state index contributed by atoms with van der Waals surface area (Å²) in [6, 6.07) is 17.2. The molecule has 2 heterocycles. The summed E-state index contributed by atoms with van der Waals surface area (Å²) in [4.78, 5) is 17.5. The Balaban J connectivity index is 1.54. The highest BCUT2D eigenvalue weighted by atomic mass is 32.2. The fraction of sp³-hybridized carbons (Fsp3) is 0.300. The Labute approximate surface area is 168 Å². The number of carbonyl (C=O) groups excluding carboxylic acids is 1. The number of ether oxygens (including phenoxy) is 1. The average Bonchev–Trinajstić information content (AvgIpc) is 3.11. The van der Waals surface area contributed by atoms with E-state index in [1.807, 2.05) is 59.5 Å². The Kier molecular flexibility index (Phi) is 5.16. The number of anilines is 1. The molecule has 2 aromatic rings. The summed E-state index contributed by atoms with van der Waals surface area (Å²) in [5.41, 5.74) is 1.89. The van der Waals surface area contributed by atoms with Crippen LogP contribution in [0.25, 0.3) is 0 Å². The molecule has 2 saturated heterocycles. The number of rotatable bonds is 4. The lowest BCUT2D eigenvalue weighted by Crippen LogP contribution is -2.37. The smallest absolute Gasteiger partial charge is 0.244 e. The molecule has 0 radical (unpaired) electrons. The molecule has 6 nitrogen and oxygen atoms in total. The molecule has 146 valence electrons. The van der Waals surface area contributed by atoms with Crippen LogP contribution in [-0.4, -0.2) is 42.3 Å². The van der Waals surface area contributed by atoms with Crippen LogP contribution in [0.3, 0.4) is 0 Å². The molecule has 8 heteroatoms. The van der Waals surface area contributed by atoms with Gasteiger partial charge in [-0.2, -0.15) is 4.99 Å². The van der Waals surface area contributed by atoms with E-state index in [4.69, 9.17) is 4.74 Å². The van der Waals surface area contributed by atoms with Crippen LogP contribution in [0.1, 0.15) is 12.5 Å². The third-order valence-corrected chi connectivity index (χ3v) is 7.89. The molecular weight excluding hydrogens is 396 g/mol. The topological polar surface area (TPSA) is 76.0 Å². The monoisotopic (exact) mass is 416 g/mol. The first-order chi connectivity index (χ1) is 13.4. The maximum Gasteiger partial charge on any atom is 0.244 e. The minimum Gasteiger partial charge on any atom is -0.489 e. The van der Waals surface area contributed by atoms with Crippen molar-refractivity contribution in [2.45, 2.75) is 24.8 Å². The van der Waals surface area contributed by atoms with E-state index < -0.39 is 9.84 Å². The summed E-state index contributed by atoms with van der Waals surface area (Å²) in [7, 11) is -3.07. The van der Waals surface area contributed by atoms with Crippen molar-refractivity contribution >= 4 is 38.4 Å². The van der Waals surface area contributed by atoms with E-state index in [-0.39, 0.29) is 28.7 Å². The normalized spacial score (nSPS) is 24.3. The molecule has 0 bridgehead atoms. The Morgan fingerprint density at radius 2 is 1.86 bits per heavy atom. The van der Waals surface area contributed by atoms with E-state index in [0.29, 0.717) is 11.8 Å². The molecule has 2 aliphatic heterocycles. The van der Waals surface area contributed by atoms with Crippen LogP contribution in [0.2, 0.25) is 0 Å². The van der Waals surface area contributed by atoms with E-state index in [0.717, 1.165) is 17.0 Å². The summed E-state index contributed by atoms with van der Waals surface area (Å²) in [6.45, 7) is 1.87. The minimum atomic E-state index is -3.07. The second kappa shape index (κ2) is 7.60. The molecule has 0 unspecified atom stereocenters.